The third kappa shape index (κ3) is 5.90. The Kier molecular flexibility index (Phi) is 8.98. The number of rotatable bonds is 10. The van der Waals surface area contributed by atoms with E-state index >= 15 is 0 Å². The normalized spacial score (nSPS) is 15.4. The molecule has 2 aromatic carbocycles. The van der Waals surface area contributed by atoms with Gasteiger partial charge in [-0.25, -0.2) is 0 Å². The molecule has 36 heavy (non-hydrogen) atoms. The van der Waals surface area contributed by atoms with Crippen LogP contribution >= 0.6 is 11.3 Å². The number of β-amino-alcohol motifs (C(OH)–C–C–N with tert-alkyl or cyclic N) is 1. The Morgan fingerprint density at radius 1 is 1.03 bits per heavy atom. The molecule has 1 saturated heterocycles. The largest absolute Gasteiger partial charge is 0.493 e. The van der Waals surface area contributed by atoms with E-state index in [0.29, 0.717) is 23.6 Å². The van der Waals surface area contributed by atoms with Crippen molar-refractivity contribution in [3.05, 3.63) is 76.2 Å². The van der Waals surface area contributed by atoms with Crippen LogP contribution in [0, 0.1) is 0 Å². The molecule has 4 rings (SSSR count). The zero-order chi connectivity index (χ0) is 25.5. The van der Waals surface area contributed by atoms with Crippen molar-refractivity contribution in [3.8, 4) is 11.5 Å². The lowest BCUT2D eigenvalue weighted by molar-refractivity contribution is 0.0945. The second-order valence-electron chi connectivity index (χ2n) is 8.79. The van der Waals surface area contributed by atoms with Gasteiger partial charge in [0.15, 0.2) is 11.5 Å². The number of aryl methyl sites for hydroxylation is 1. The van der Waals surface area contributed by atoms with Gasteiger partial charge >= 0.3 is 0 Å². The zero-order valence-corrected chi connectivity index (χ0v) is 22.0. The Morgan fingerprint density at radius 2 is 1.75 bits per heavy atom. The van der Waals surface area contributed by atoms with Crippen molar-refractivity contribution in [1.29, 1.82) is 0 Å². The molecule has 0 spiro atoms. The highest BCUT2D eigenvalue weighted by Crippen LogP contribution is 2.42. The van der Waals surface area contributed by atoms with Crippen LogP contribution in [-0.2, 0) is 6.42 Å². The van der Waals surface area contributed by atoms with Gasteiger partial charge < -0.3 is 19.9 Å². The van der Waals surface area contributed by atoms with Crippen molar-refractivity contribution < 1.29 is 19.4 Å². The van der Waals surface area contributed by atoms with Gasteiger partial charge in [0.25, 0.3) is 5.91 Å². The van der Waals surface area contributed by atoms with Crippen LogP contribution in [0.4, 0.5) is 5.00 Å². The van der Waals surface area contributed by atoms with Gasteiger partial charge in [0.2, 0.25) is 0 Å². The summed E-state index contributed by atoms with van der Waals surface area (Å²) >= 11 is 1.64. The van der Waals surface area contributed by atoms with E-state index in [1.807, 2.05) is 42.5 Å². The van der Waals surface area contributed by atoms with Crippen molar-refractivity contribution in [2.24, 2.45) is 0 Å². The Labute approximate surface area is 217 Å². The molecule has 1 amide bonds. The van der Waals surface area contributed by atoms with Gasteiger partial charge in [-0.2, -0.15) is 0 Å². The van der Waals surface area contributed by atoms with Crippen LogP contribution < -0.4 is 14.8 Å². The summed E-state index contributed by atoms with van der Waals surface area (Å²) in [5.74, 6) is 1.25. The number of anilines is 1. The molecule has 7 nitrogen and oxygen atoms in total. The summed E-state index contributed by atoms with van der Waals surface area (Å²) in [5.41, 5.74) is 2.80. The predicted molar refractivity (Wildman–Crippen MR) is 145 cm³/mol. The smallest absolute Gasteiger partial charge is 0.256 e. The lowest BCUT2D eigenvalue weighted by Gasteiger charge is -2.39. The lowest BCUT2D eigenvalue weighted by atomic mass is 9.96. The van der Waals surface area contributed by atoms with Gasteiger partial charge in [0.1, 0.15) is 5.00 Å². The highest BCUT2D eigenvalue weighted by atomic mass is 32.1. The fourth-order valence-corrected chi connectivity index (χ4v) is 5.72. The van der Waals surface area contributed by atoms with E-state index in [1.165, 1.54) is 4.88 Å². The number of methoxy groups -OCH3 is 2. The Morgan fingerprint density at radius 3 is 2.39 bits per heavy atom. The molecule has 0 radical (unpaired) electrons. The Balaban J connectivity index is 1.74. The Hall–Kier alpha value is -2.91. The number of aliphatic hydroxyl groups excluding tert-OH is 1. The van der Waals surface area contributed by atoms with Gasteiger partial charge in [-0.3, -0.25) is 14.6 Å². The molecule has 1 aliphatic heterocycles. The molecule has 1 fully saturated rings. The van der Waals surface area contributed by atoms with Gasteiger partial charge in [0, 0.05) is 48.7 Å². The topological polar surface area (TPSA) is 74.3 Å². The van der Waals surface area contributed by atoms with Gasteiger partial charge in [0.05, 0.1) is 26.9 Å². The van der Waals surface area contributed by atoms with Crippen LogP contribution in [0.2, 0.25) is 0 Å². The van der Waals surface area contributed by atoms with Crippen molar-refractivity contribution in [2.45, 2.75) is 19.4 Å². The first-order valence-electron chi connectivity index (χ1n) is 12.4. The number of carbonyl (C=O) groups is 1. The number of nitrogens with one attached hydrogen (secondary N) is 1. The van der Waals surface area contributed by atoms with Crippen LogP contribution in [0.5, 0.6) is 11.5 Å². The molecule has 0 bridgehead atoms. The number of aliphatic hydroxyl groups is 1. The monoisotopic (exact) mass is 509 g/mol. The van der Waals surface area contributed by atoms with E-state index in [0.717, 1.165) is 48.7 Å². The highest BCUT2D eigenvalue weighted by molar-refractivity contribution is 7.16. The van der Waals surface area contributed by atoms with Crippen LogP contribution in [0.15, 0.2) is 54.6 Å². The zero-order valence-electron chi connectivity index (χ0n) is 21.2. The van der Waals surface area contributed by atoms with E-state index in [2.05, 4.69) is 34.2 Å². The number of hydrogen-bond donors (Lipinski definition) is 2. The minimum absolute atomic E-state index is 0.0660. The maximum Gasteiger partial charge on any atom is 0.256 e. The molecule has 1 atom stereocenters. The number of benzene rings is 2. The molecular weight excluding hydrogens is 474 g/mol. The van der Waals surface area contributed by atoms with Crippen molar-refractivity contribution in [1.82, 2.24) is 9.80 Å². The van der Waals surface area contributed by atoms with Crippen LogP contribution in [-0.4, -0.2) is 74.4 Å². The second-order valence-corrected chi connectivity index (χ2v) is 9.93. The van der Waals surface area contributed by atoms with Gasteiger partial charge in [-0.1, -0.05) is 31.2 Å². The average Bonchev–Trinajstić information content (AvgIpc) is 3.32. The molecule has 1 aliphatic rings. The number of hydrogen-bond acceptors (Lipinski definition) is 7. The molecule has 2 N–H and O–H groups in total. The summed E-state index contributed by atoms with van der Waals surface area (Å²) in [7, 11) is 3.29. The molecule has 1 unspecified atom stereocenters. The van der Waals surface area contributed by atoms with E-state index in [-0.39, 0.29) is 18.6 Å². The van der Waals surface area contributed by atoms with Crippen molar-refractivity contribution in [3.63, 3.8) is 0 Å². The van der Waals surface area contributed by atoms with Gasteiger partial charge in [-0.05, 0) is 42.3 Å². The summed E-state index contributed by atoms with van der Waals surface area (Å²) in [6.07, 6.45) is 0.891. The first-order chi connectivity index (χ1) is 17.6. The van der Waals surface area contributed by atoms with Crippen LogP contribution in [0.3, 0.4) is 0 Å². The van der Waals surface area contributed by atoms with Crippen LogP contribution in [0.1, 0.15) is 39.3 Å². The summed E-state index contributed by atoms with van der Waals surface area (Å²) < 4.78 is 11.1. The first-order valence-corrected chi connectivity index (χ1v) is 13.2. The number of amides is 1. The summed E-state index contributed by atoms with van der Waals surface area (Å²) in [5, 5.41) is 13.5. The third-order valence-electron chi connectivity index (χ3n) is 6.63. The number of ether oxygens (including phenoxy) is 2. The molecule has 0 aliphatic carbocycles. The predicted octanol–water partition coefficient (Wildman–Crippen LogP) is 4.28. The summed E-state index contributed by atoms with van der Waals surface area (Å²) in [6, 6.07) is 17.5. The second kappa shape index (κ2) is 12.4. The maximum absolute atomic E-state index is 13.1. The molecule has 3 aromatic rings. The average molecular weight is 510 g/mol. The summed E-state index contributed by atoms with van der Waals surface area (Å²) in [6.45, 7) is 6.44. The maximum atomic E-state index is 13.1. The highest BCUT2D eigenvalue weighted by Gasteiger charge is 2.30. The van der Waals surface area contributed by atoms with Crippen LogP contribution in [0.25, 0.3) is 0 Å². The van der Waals surface area contributed by atoms with E-state index < -0.39 is 0 Å². The minimum Gasteiger partial charge on any atom is -0.493 e. The van der Waals surface area contributed by atoms with E-state index in [9.17, 15) is 9.90 Å². The summed E-state index contributed by atoms with van der Waals surface area (Å²) in [4.78, 5) is 19.1. The number of thiophene rings is 1. The minimum atomic E-state index is -0.111. The van der Waals surface area contributed by atoms with E-state index in [4.69, 9.17) is 9.47 Å². The van der Waals surface area contributed by atoms with E-state index in [1.54, 1.807) is 25.6 Å². The molecule has 1 aromatic heterocycles. The van der Waals surface area contributed by atoms with Gasteiger partial charge in [-0.15, -0.1) is 11.3 Å². The standard InChI is InChI=1S/C28H35N3O4S/c1-4-22-19-23(28(36-22)29-27(33)20-8-6-5-7-9-20)26(31-14-12-30(13-15-31)16-17-32)21-10-11-24(34-2)25(18-21)35-3/h5-11,18-19,26,32H,4,12-17H2,1-3H3,(H,29,33). The molecule has 8 heteroatoms. The third-order valence-corrected chi connectivity index (χ3v) is 7.84. The number of nitrogens with zero attached hydrogens (tertiary/aromatic N) is 2. The Bertz CT molecular complexity index is 1140. The number of carbonyl (C=O) groups excluding carboxylic acids is 1. The molecule has 192 valence electrons. The number of piperazine rings is 1. The fraction of sp³-hybridized carbons (Fsp3) is 0.393. The molecule has 0 saturated carbocycles. The quantitative estimate of drug-likeness (QED) is 0.425. The SMILES string of the molecule is CCc1cc(C(c2ccc(OC)c(OC)c2)N2CCN(CCO)CC2)c(NC(=O)c2ccccc2)s1. The first kappa shape index (κ1) is 26.2. The van der Waals surface area contributed by atoms with Crippen molar-refractivity contribution in [2.75, 3.05) is 58.9 Å². The van der Waals surface area contributed by atoms with Crippen molar-refractivity contribution >= 4 is 22.2 Å². The molecular formula is C28H35N3O4S. The molecule has 2 heterocycles. The fourth-order valence-electron chi connectivity index (χ4n) is 4.69. The lowest BCUT2D eigenvalue weighted by Crippen LogP contribution is -2.48.